The van der Waals surface area contributed by atoms with E-state index >= 15 is 0 Å². The average Bonchev–Trinajstić information content (AvgIpc) is 3.66. The lowest BCUT2D eigenvalue weighted by molar-refractivity contribution is -0.276. The van der Waals surface area contributed by atoms with Crippen molar-refractivity contribution in [2.45, 2.75) is 77.2 Å². The van der Waals surface area contributed by atoms with E-state index in [-0.39, 0.29) is 30.8 Å². The largest absolute Gasteiger partial charge is 0.392 e. The number of carbonyl (C=O) groups is 1. The molecule has 2 amide bonds. The van der Waals surface area contributed by atoms with E-state index in [0.29, 0.717) is 19.1 Å². The average molecular weight is 551 g/mol. The summed E-state index contributed by atoms with van der Waals surface area (Å²) >= 11 is 0. The number of ether oxygens (including phenoxy) is 2. The van der Waals surface area contributed by atoms with Crippen LogP contribution in [0.25, 0.3) is 0 Å². The number of likely N-dealkylation sites (tertiary alicyclic amines) is 2. The van der Waals surface area contributed by atoms with Gasteiger partial charge in [-0.1, -0.05) is 55.5 Å². The van der Waals surface area contributed by atoms with E-state index in [1.807, 2.05) is 43.3 Å². The fourth-order valence-corrected chi connectivity index (χ4v) is 6.36. The first-order valence-corrected chi connectivity index (χ1v) is 15.1. The van der Waals surface area contributed by atoms with Crippen LogP contribution in [-0.4, -0.2) is 72.4 Å². The van der Waals surface area contributed by atoms with Gasteiger partial charge in [-0.15, -0.1) is 0 Å². The fourth-order valence-electron chi connectivity index (χ4n) is 6.36. The van der Waals surface area contributed by atoms with Crippen molar-refractivity contribution < 1.29 is 19.4 Å². The Hall–Kier alpha value is -2.49. The van der Waals surface area contributed by atoms with Gasteiger partial charge >= 0.3 is 6.03 Å². The van der Waals surface area contributed by atoms with Crippen LogP contribution in [0.4, 0.5) is 4.79 Å². The van der Waals surface area contributed by atoms with Crippen LogP contribution in [0.15, 0.2) is 48.5 Å². The third-order valence-electron chi connectivity index (χ3n) is 8.75. The van der Waals surface area contributed by atoms with Crippen LogP contribution in [0.1, 0.15) is 74.2 Å². The van der Waals surface area contributed by atoms with Crippen molar-refractivity contribution in [3.8, 4) is 0 Å². The molecule has 0 spiro atoms. The van der Waals surface area contributed by atoms with Crippen LogP contribution >= 0.6 is 0 Å². The van der Waals surface area contributed by atoms with E-state index in [0.717, 1.165) is 35.3 Å². The van der Waals surface area contributed by atoms with Crippen molar-refractivity contribution in [2.75, 3.05) is 39.3 Å². The molecule has 40 heavy (non-hydrogen) atoms. The molecule has 0 aromatic heterocycles. The maximum absolute atomic E-state index is 11.8. The molecular formula is C32H46N4O4. The molecule has 3 heterocycles. The van der Waals surface area contributed by atoms with Crippen LogP contribution in [0.3, 0.4) is 0 Å². The fraction of sp³-hybridized carbons (Fsp3) is 0.594. The molecule has 0 aliphatic carbocycles. The molecule has 2 aromatic carbocycles. The zero-order valence-corrected chi connectivity index (χ0v) is 24.1. The van der Waals surface area contributed by atoms with Gasteiger partial charge in [0.25, 0.3) is 0 Å². The summed E-state index contributed by atoms with van der Waals surface area (Å²) in [5.41, 5.74) is 4.01. The Morgan fingerprint density at radius 1 is 0.900 bits per heavy atom. The molecule has 0 bridgehead atoms. The Labute approximate surface area is 239 Å². The Morgan fingerprint density at radius 2 is 1.60 bits per heavy atom. The number of carbonyl (C=O) groups excluding carboxylic acids is 1. The number of benzene rings is 2. The van der Waals surface area contributed by atoms with Crippen LogP contribution in [-0.2, 0) is 22.6 Å². The van der Waals surface area contributed by atoms with Crippen molar-refractivity contribution in [3.63, 3.8) is 0 Å². The highest BCUT2D eigenvalue weighted by atomic mass is 16.7. The van der Waals surface area contributed by atoms with E-state index < -0.39 is 6.29 Å². The third-order valence-corrected chi connectivity index (χ3v) is 8.75. The van der Waals surface area contributed by atoms with E-state index in [1.165, 1.54) is 45.3 Å². The minimum Gasteiger partial charge on any atom is -0.392 e. The second-order valence-corrected chi connectivity index (χ2v) is 11.6. The first-order chi connectivity index (χ1) is 19.5. The summed E-state index contributed by atoms with van der Waals surface area (Å²) in [6.07, 6.45) is 4.59. The van der Waals surface area contributed by atoms with Crippen LogP contribution < -0.4 is 10.6 Å². The molecule has 3 N–H and O–H groups in total. The number of urea groups is 1. The zero-order chi connectivity index (χ0) is 27.9. The number of nitrogens with one attached hydrogen (secondary N) is 2. The van der Waals surface area contributed by atoms with Gasteiger partial charge in [0.2, 0.25) is 0 Å². The molecule has 8 heteroatoms. The van der Waals surface area contributed by atoms with Gasteiger partial charge in [-0.2, -0.15) is 0 Å². The smallest absolute Gasteiger partial charge is 0.315 e. The normalized spacial score (nSPS) is 27.6. The maximum atomic E-state index is 11.8. The van der Waals surface area contributed by atoms with Crippen molar-refractivity contribution in [1.29, 1.82) is 0 Å². The van der Waals surface area contributed by atoms with E-state index in [1.54, 1.807) is 0 Å². The summed E-state index contributed by atoms with van der Waals surface area (Å²) in [4.78, 5) is 17.1. The first kappa shape index (κ1) is 29.0. The van der Waals surface area contributed by atoms with Gasteiger partial charge in [-0.3, -0.25) is 4.90 Å². The Morgan fingerprint density at radius 3 is 2.30 bits per heavy atom. The summed E-state index contributed by atoms with van der Waals surface area (Å²) in [6, 6.07) is 16.7. The zero-order valence-electron chi connectivity index (χ0n) is 24.1. The molecular weight excluding hydrogens is 504 g/mol. The molecule has 3 fully saturated rings. The number of aliphatic hydroxyl groups excluding tert-OH is 1. The number of aliphatic hydroxyl groups is 1. The van der Waals surface area contributed by atoms with Gasteiger partial charge in [-0.25, -0.2) is 4.79 Å². The third kappa shape index (κ3) is 7.22. The number of hydrogen-bond acceptors (Lipinski definition) is 6. The molecule has 2 aromatic rings. The molecule has 3 aliphatic rings. The standard InChI is InChI=1S/C32H46N4O4/c1-3-33-32(38)34-19-24-8-14-27(15-9-24)31-39-29(21-36-18-6-7-28(36)20-35-16-4-5-17-35)23(2)30(40-31)26-12-10-25(22-37)11-13-26/h8-15,23,28-31,37H,3-7,16-22H2,1-2H3,(H2,33,34,38)/t23-,28+,29+,30+,31+/m1/s1. The highest BCUT2D eigenvalue weighted by Crippen LogP contribution is 2.42. The SMILES string of the molecule is CCNC(=O)NCc1ccc([C@H]2O[C@@H](CN3CCC[C@H]3CN3CCCC3)[C@@H](C)[C@@H](c3ccc(CO)cc3)O2)cc1. The number of hydrogen-bond donors (Lipinski definition) is 3. The second kappa shape index (κ2) is 13.9. The summed E-state index contributed by atoms with van der Waals surface area (Å²) < 4.78 is 13.4. The molecule has 218 valence electrons. The second-order valence-electron chi connectivity index (χ2n) is 11.6. The van der Waals surface area contributed by atoms with Gasteiger partial charge in [0.1, 0.15) is 0 Å². The van der Waals surface area contributed by atoms with E-state index in [4.69, 9.17) is 9.47 Å². The van der Waals surface area contributed by atoms with Crippen LogP contribution in [0, 0.1) is 5.92 Å². The van der Waals surface area contributed by atoms with Gasteiger partial charge < -0.3 is 30.1 Å². The predicted octanol–water partition coefficient (Wildman–Crippen LogP) is 4.35. The predicted molar refractivity (Wildman–Crippen MR) is 156 cm³/mol. The molecule has 0 radical (unpaired) electrons. The molecule has 5 atom stereocenters. The summed E-state index contributed by atoms with van der Waals surface area (Å²) in [7, 11) is 0. The van der Waals surface area contributed by atoms with Gasteiger partial charge in [-0.05, 0) is 68.9 Å². The van der Waals surface area contributed by atoms with Crippen molar-refractivity contribution in [3.05, 3.63) is 70.8 Å². The minimum absolute atomic E-state index is 0.0273. The molecule has 8 nitrogen and oxygen atoms in total. The lowest BCUT2D eigenvalue weighted by atomic mass is 9.90. The van der Waals surface area contributed by atoms with Crippen LogP contribution in [0.5, 0.6) is 0 Å². The molecule has 5 rings (SSSR count). The van der Waals surface area contributed by atoms with Crippen LogP contribution in [0.2, 0.25) is 0 Å². The number of rotatable bonds is 10. The van der Waals surface area contributed by atoms with Crippen molar-refractivity contribution in [2.24, 2.45) is 5.92 Å². The highest BCUT2D eigenvalue weighted by molar-refractivity contribution is 5.73. The molecule has 3 aliphatic heterocycles. The van der Waals surface area contributed by atoms with E-state index in [2.05, 4.69) is 39.5 Å². The molecule has 0 unspecified atom stereocenters. The Bertz CT molecular complexity index is 1070. The number of nitrogens with zero attached hydrogens (tertiary/aromatic N) is 2. The summed E-state index contributed by atoms with van der Waals surface area (Å²) in [6.45, 7) is 10.9. The lowest BCUT2D eigenvalue weighted by Gasteiger charge is -2.43. The maximum Gasteiger partial charge on any atom is 0.315 e. The van der Waals surface area contributed by atoms with Gasteiger partial charge in [0.05, 0.1) is 18.8 Å². The highest BCUT2D eigenvalue weighted by Gasteiger charge is 2.40. The summed E-state index contributed by atoms with van der Waals surface area (Å²) in [5, 5.41) is 15.2. The monoisotopic (exact) mass is 550 g/mol. The van der Waals surface area contributed by atoms with Crippen molar-refractivity contribution in [1.82, 2.24) is 20.4 Å². The van der Waals surface area contributed by atoms with Gasteiger partial charge in [0, 0.05) is 43.7 Å². The molecule has 0 saturated carbocycles. The quantitative estimate of drug-likeness (QED) is 0.408. The minimum atomic E-state index is -0.478. The molecule has 3 saturated heterocycles. The Balaban J connectivity index is 1.31. The van der Waals surface area contributed by atoms with E-state index in [9.17, 15) is 9.90 Å². The Kier molecular flexibility index (Phi) is 10.1. The first-order valence-electron chi connectivity index (χ1n) is 15.1. The van der Waals surface area contributed by atoms with Gasteiger partial charge in [0.15, 0.2) is 6.29 Å². The number of amides is 2. The summed E-state index contributed by atoms with van der Waals surface area (Å²) in [5.74, 6) is 0.171. The van der Waals surface area contributed by atoms with Crippen molar-refractivity contribution >= 4 is 6.03 Å². The topological polar surface area (TPSA) is 86.3 Å². The lowest BCUT2D eigenvalue weighted by Crippen LogP contribution is -2.48.